The minimum atomic E-state index is -0.115. The van der Waals surface area contributed by atoms with Crippen molar-refractivity contribution in [3.05, 3.63) is 87.7 Å². The van der Waals surface area contributed by atoms with E-state index in [0.717, 1.165) is 48.4 Å². The fraction of sp³-hybridized carbons (Fsp3) is 0.280. The van der Waals surface area contributed by atoms with Crippen molar-refractivity contribution >= 4 is 23.3 Å². The summed E-state index contributed by atoms with van der Waals surface area (Å²) in [4.78, 5) is 17.1. The molecule has 0 aliphatic carbocycles. The van der Waals surface area contributed by atoms with Crippen molar-refractivity contribution in [3.63, 3.8) is 0 Å². The third-order valence-corrected chi connectivity index (χ3v) is 6.04. The molecule has 3 aromatic heterocycles. The van der Waals surface area contributed by atoms with Gasteiger partial charge in [-0.2, -0.15) is 0 Å². The topological polar surface area (TPSA) is 61.1 Å². The number of rotatable bonds is 4. The highest BCUT2D eigenvalue weighted by atomic mass is 35.5. The normalized spacial score (nSPS) is 13.3. The van der Waals surface area contributed by atoms with Crippen LogP contribution in [-0.4, -0.2) is 20.7 Å². The highest BCUT2D eigenvalue weighted by Crippen LogP contribution is 2.29. The average molecular weight is 451 g/mol. The molecule has 1 aliphatic heterocycles. The van der Waals surface area contributed by atoms with E-state index in [1.165, 1.54) is 22.7 Å². The van der Waals surface area contributed by atoms with Gasteiger partial charge in [0.15, 0.2) is 0 Å². The Morgan fingerprint density at radius 1 is 1.16 bits per heavy atom. The number of benzene rings is 1. The first kappa shape index (κ1) is 22.1. The van der Waals surface area contributed by atoms with Gasteiger partial charge in [0, 0.05) is 54.4 Å². The molecule has 0 saturated carbocycles. The quantitative estimate of drug-likeness (QED) is 0.509. The van der Waals surface area contributed by atoms with Crippen molar-refractivity contribution in [2.24, 2.45) is 7.05 Å². The molecule has 1 N–H and O–H groups in total. The summed E-state index contributed by atoms with van der Waals surface area (Å²) in [6.45, 7) is 4.28. The second-order valence-electron chi connectivity index (χ2n) is 8.13. The van der Waals surface area contributed by atoms with Crippen molar-refractivity contribution < 1.29 is 4.74 Å². The van der Waals surface area contributed by atoms with Crippen LogP contribution in [0.1, 0.15) is 28.9 Å². The summed E-state index contributed by atoms with van der Waals surface area (Å²) in [7, 11) is 2.12. The van der Waals surface area contributed by atoms with Gasteiger partial charge < -0.3 is 14.6 Å². The zero-order chi connectivity index (χ0) is 21.4. The number of halogens is 1. The number of aromatic nitrogens is 3. The Labute approximate surface area is 193 Å². The van der Waals surface area contributed by atoms with Crippen LogP contribution >= 0.6 is 12.4 Å². The molecule has 0 atom stereocenters. The van der Waals surface area contributed by atoms with E-state index in [0.29, 0.717) is 12.4 Å². The predicted molar refractivity (Wildman–Crippen MR) is 129 cm³/mol. The van der Waals surface area contributed by atoms with E-state index in [4.69, 9.17) is 4.74 Å². The maximum atomic E-state index is 12.8. The predicted octanol–water partition coefficient (Wildman–Crippen LogP) is 4.07. The summed E-state index contributed by atoms with van der Waals surface area (Å²) < 4.78 is 9.74. The van der Waals surface area contributed by atoms with Crippen LogP contribution in [0, 0.1) is 6.92 Å². The number of fused-ring (bicyclic) bond motifs is 3. The number of ether oxygens (including phenoxy) is 1. The molecule has 32 heavy (non-hydrogen) atoms. The minimum Gasteiger partial charge on any atom is -0.489 e. The van der Waals surface area contributed by atoms with Gasteiger partial charge in [0.1, 0.15) is 12.4 Å². The summed E-state index contributed by atoms with van der Waals surface area (Å²) in [5.74, 6) is 0.555. The molecule has 1 aromatic carbocycles. The Morgan fingerprint density at radius 2 is 2.03 bits per heavy atom. The van der Waals surface area contributed by atoms with Crippen LogP contribution in [0.15, 0.2) is 59.7 Å². The number of hydrogen-bond acceptors (Lipinski definition) is 4. The van der Waals surface area contributed by atoms with Crippen molar-refractivity contribution in [3.8, 4) is 11.4 Å². The average Bonchev–Trinajstić information content (AvgIpc) is 2.93. The molecule has 0 radical (unpaired) electrons. The Balaban J connectivity index is 0.00000245. The van der Waals surface area contributed by atoms with Gasteiger partial charge in [-0.1, -0.05) is 12.1 Å². The molecule has 0 amide bonds. The first-order valence-corrected chi connectivity index (χ1v) is 10.7. The monoisotopic (exact) mass is 450 g/mol. The van der Waals surface area contributed by atoms with Gasteiger partial charge in [0.05, 0.1) is 11.2 Å². The minimum absolute atomic E-state index is 0. The van der Waals surface area contributed by atoms with E-state index in [9.17, 15) is 4.79 Å². The molecule has 0 bridgehead atoms. The van der Waals surface area contributed by atoms with Crippen LogP contribution < -0.4 is 15.6 Å². The van der Waals surface area contributed by atoms with Crippen molar-refractivity contribution in [1.29, 1.82) is 0 Å². The molecule has 1 aliphatic rings. The molecule has 5 rings (SSSR count). The van der Waals surface area contributed by atoms with Gasteiger partial charge in [-0.15, -0.1) is 12.4 Å². The third kappa shape index (κ3) is 4.16. The first-order valence-electron chi connectivity index (χ1n) is 10.7. The summed E-state index contributed by atoms with van der Waals surface area (Å²) in [6.07, 6.45) is 5.79. The van der Waals surface area contributed by atoms with Crippen molar-refractivity contribution in [2.45, 2.75) is 32.9 Å². The fourth-order valence-electron chi connectivity index (χ4n) is 4.33. The molecular weight excluding hydrogens is 424 g/mol. The fourth-order valence-corrected chi connectivity index (χ4v) is 4.33. The first-order chi connectivity index (χ1) is 15.1. The van der Waals surface area contributed by atoms with E-state index in [1.54, 1.807) is 17.0 Å². The molecule has 7 heteroatoms. The number of hydrogen-bond donors (Lipinski definition) is 1. The van der Waals surface area contributed by atoms with E-state index in [2.05, 4.69) is 34.0 Å². The number of aryl methyl sites for hydroxylation is 2. The lowest BCUT2D eigenvalue weighted by molar-refractivity contribution is 0.304. The van der Waals surface area contributed by atoms with Crippen LogP contribution in [0.4, 0.5) is 0 Å². The van der Waals surface area contributed by atoms with Gasteiger partial charge >= 0.3 is 0 Å². The number of nitrogens with zero attached hydrogens (tertiary/aromatic N) is 3. The smallest absolute Gasteiger partial charge is 0.258 e. The molecule has 0 unspecified atom stereocenters. The lowest BCUT2D eigenvalue weighted by Gasteiger charge is -2.10. The maximum Gasteiger partial charge on any atom is 0.258 e. The maximum absolute atomic E-state index is 12.8. The van der Waals surface area contributed by atoms with Gasteiger partial charge in [0.2, 0.25) is 0 Å². The molecule has 0 saturated heterocycles. The summed E-state index contributed by atoms with van der Waals surface area (Å²) in [6, 6.07) is 13.6. The molecule has 4 heterocycles. The highest BCUT2D eigenvalue weighted by molar-refractivity contribution is 5.87. The Bertz CT molecular complexity index is 1310. The zero-order valence-corrected chi connectivity index (χ0v) is 19.1. The van der Waals surface area contributed by atoms with E-state index in [1.807, 2.05) is 31.2 Å². The van der Waals surface area contributed by atoms with Crippen LogP contribution in [-0.2, 0) is 26.6 Å². The van der Waals surface area contributed by atoms with Crippen LogP contribution in [0.3, 0.4) is 0 Å². The van der Waals surface area contributed by atoms with E-state index >= 15 is 0 Å². The summed E-state index contributed by atoms with van der Waals surface area (Å²) in [5, 5.41) is 4.77. The molecule has 4 aromatic rings. The lowest BCUT2D eigenvalue weighted by atomic mass is 10.1. The standard InChI is InChI=1S/C25H26N4O2.ClH/c1-17-5-6-18(14-27-17)16-31-20-9-11-29(25(30)13-20)19-7-8-21-22-15-26-10-3-4-23(22)28(2)24(21)12-19;/h5-9,11-14,26H,3-4,10,15-16H2,1-2H3;1H. The van der Waals surface area contributed by atoms with Gasteiger partial charge in [0.25, 0.3) is 5.56 Å². The van der Waals surface area contributed by atoms with Crippen LogP contribution in [0.5, 0.6) is 5.75 Å². The Morgan fingerprint density at radius 3 is 2.81 bits per heavy atom. The highest BCUT2D eigenvalue weighted by Gasteiger charge is 2.17. The SMILES string of the molecule is Cc1ccc(COc2ccn(-c3ccc4c5c(n(C)c4c3)CCCNC5)c(=O)c2)cn1.Cl. The molecule has 0 fully saturated rings. The van der Waals surface area contributed by atoms with Gasteiger partial charge in [-0.25, -0.2) is 0 Å². The van der Waals surface area contributed by atoms with Gasteiger partial charge in [-0.3, -0.25) is 14.3 Å². The largest absolute Gasteiger partial charge is 0.489 e. The van der Waals surface area contributed by atoms with Gasteiger partial charge in [-0.05, 0) is 56.1 Å². The van der Waals surface area contributed by atoms with E-state index in [-0.39, 0.29) is 18.0 Å². The summed E-state index contributed by atoms with van der Waals surface area (Å²) in [5.41, 5.74) is 6.60. The molecule has 166 valence electrons. The van der Waals surface area contributed by atoms with Crippen LogP contribution in [0.25, 0.3) is 16.6 Å². The Kier molecular flexibility index (Phi) is 6.35. The van der Waals surface area contributed by atoms with Crippen LogP contribution in [0.2, 0.25) is 0 Å². The number of nitrogens with one attached hydrogen (secondary N) is 1. The molecular formula is C25H27ClN4O2. The summed E-state index contributed by atoms with van der Waals surface area (Å²) >= 11 is 0. The van der Waals surface area contributed by atoms with E-state index < -0.39 is 0 Å². The lowest BCUT2D eigenvalue weighted by Crippen LogP contribution is -2.16. The third-order valence-electron chi connectivity index (χ3n) is 6.04. The molecule has 6 nitrogen and oxygen atoms in total. The second-order valence-corrected chi connectivity index (χ2v) is 8.13. The number of pyridine rings is 2. The second kappa shape index (κ2) is 9.18. The Hall–Kier alpha value is -3.09. The zero-order valence-electron chi connectivity index (χ0n) is 18.3. The van der Waals surface area contributed by atoms with Crippen molar-refractivity contribution in [1.82, 2.24) is 19.4 Å². The van der Waals surface area contributed by atoms with Crippen molar-refractivity contribution in [2.75, 3.05) is 6.54 Å². The molecule has 0 spiro atoms.